The molecule has 102 valence electrons. The Balaban J connectivity index is 2.19. The number of hydrogen-bond acceptors (Lipinski definition) is 4. The summed E-state index contributed by atoms with van der Waals surface area (Å²) in [5.74, 6) is 0.0815. The molecule has 0 aliphatic carbocycles. The summed E-state index contributed by atoms with van der Waals surface area (Å²) in [6.07, 6.45) is 0. The number of carbonyl (C=O) groups excluding carboxylic acids is 1. The maximum absolute atomic E-state index is 12.1. The number of ketones is 1. The van der Waals surface area contributed by atoms with Gasteiger partial charge in [-0.05, 0) is 31.2 Å². The molecule has 2 aromatic carbocycles. The normalized spacial score (nSPS) is 12.2. The van der Waals surface area contributed by atoms with Crippen molar-refractivity contribution in [3.63, 3.8) is 0 Å². The number of para-hydroxylation sites is 1. The van der Waals surface area contributed by atoms with Crippen LogP contribution in [0.15, 0.2) is 46.2 Å². The van der Waals surface area contributed by atoms with E-state index in [1.165, 1.54) is 4.90 Å². The summed E-state index contributed by atoms with van der Waals surface area (Å²) in [7, 11) is 3.91. The molecule has 1 heterocycles. The molecule has 0 unspecified atom stereocenters. The van der Waals surface area contributed by atoms with Crippen molar-refractivity contribution in [2.45, 2.75) is 16.7 Å². The molecule has 4 heteroatoms. The number of nitrogens with zero attached hydrogens (tertiary/aromatic N) is 1. The van der Waals surface area contributed by atoms with Crippen LogP contribution in [0.5, 0.6) is 0 Å². The monoisotopic (exact) mass is 284 g/mol. The number of fused-ring (bicyclic) bond motifs is 2. The van der Waals surface area contributed by atoms with Crippen LogP contribution < -0.4 is 10.2 Å². The summed E-state index contributed by atoms with van der Waals surface area (Å²) in [4.78, 5) is 16.3. The second-order valence-corrected chi connectivity index (χ2v) is 6.09. The molecule has 0 bridgehead atoms. The smallest absolute Gasteiger partial charge is 0.164 e. The fourth-order valence-electron chi connectivity index (χ4n) is 2.42. The molecule has 3 nitrogen and oxygen atoms in total. The van der Waals surface area contributed by atoms with Crippen LogP contribution in [-0.4, -0.2) is 19.9 Å². The molecule has 0 radical (unpaired) electrons. The average molecular weight is 284 g/mol. The Bertz CT molecular complexity index is 695. The lowest BCUT2D eigenvalue weighted by molar-refractivity contribution is 0.101. The Kier molecular flexibility index (Phi) is 3.18. The van der Waals surface area contributed by atoms with Gasteiger partial charge in [0.2, 0.25) is 0 Å². The highest BCUT2D eigenvalue weighted by molar-refractivity contribution is 7.99. The predicted molar refractivity (Wildman–Crippen MR) is 84.6 cm³/mol. The van der Waals surface area contributed by atoms with Crippen LogP contribution >= 0.6 is 11.8 Å². The third-order valence-corrected chi connectivity index (χ3v) is 4.48. The third kappa shape index (κ3) is 2.06. The van der Waals surface area contributed by atoms with Crippen molar-refractivity contribution in [1.82, 2.24) is 0 Å². The minimum atomic E-state index is 0.0815. The molecule has 0 fully saturated rings. The molecule has 0 saturated carbocycles. The van der Waals surface area contributed by atoms with E-state index in [1.807, 2.05) is 43.3 Å². The molecule has 0 saturated heterocycles. The Morgan fingerprint density at radius 1 is 1.10 bits per heavy atom. The molecule has 1 N–H and O–H groups in total. The zero-order chi connectivity index (χ0) is 14.3. The Hall–Kier alpha value is -1.94. The second-order valence-electron chi connectivity index (χ2n) is 5.01. The Labute approximate surface area is 123 Å². The Morgan fingerprint density at radius 3 is 2.55 bits per heavy atom. The Morgan fingerprint density at radius 2 is 1.85 bits per heavy atom. The lowest BCUT2D eigenvalue weighted by atomic mass is 10.1. The van der Waals surface area contributed by atoms with Crippen LogP contribution in [0.25, 0.3) is 0 Å². The highest BCUT2D eigenvalue weighted by Crippen LogP contribution is 2.47. The topological polar surface area (TPSA) is 32.3 Å². The van der Waals surface area contributed by atoms with Crippen LogP contribution in [-0.2, 0) is 0 Å². The fourth-order valence-corrected chi connectivity index (χ4v) is 3.43. The average Bonchev–Trinajstić information content (AvgIpc) is 2.43. The fraction of sp³-hybridized carbons (Fsp3) is 0.188. The quantitative estimate of drug-likeness (QED) is 0.716. The number of rotatable bonds is 2. The standard InChI is InChI=1S/C16H16N2OS/c1-10(19)15-12(18(2)3)8-9-14-16(15)17-11-6-4-5-7-13(11)20-14/h4-9,17H,1-3H3. The lowest BCUT2D eigenvalue weighted by Crippen LogP contribution is -2.15. The molecule has 1 aliphatic rings. The van der Waals surface area contributed by atoms with Crippen molar-refractivity contribution in [3.05, 3.63) is 42.0 Å². The van der Waals surface area contributed by atoms with E-state index in [1.54, 1.807) is 18.7 Å². The zero-order valence-corrected chi connectivity index (χ0v) is 12.5. The van der Waals surface area contributed by atoms with E-state index in [9.17, 15) is 4.79 Å². The molecule has 0 spiro atoms. The van der Waals surface area contributed by atoms with E-state index >= 15 is 0 Å². The highest BCUT2D eigenvalue weighted by atomic mass is 32.2. The summed E-state index contributed by atoms with van der Waals surface area (Å²) in [5, 5.41) is 3.42. The number of Topliss-reactive ketones (excluding diaryl/α,β-unsaturated/α-hetero) is 1. The van der Waals surface area contributed by atoms with Gasteiger partial charge in [-0.3, -0.25) is 4.79 Å². The first kappa shape index (κ1) is 13.1. The van der Waals surface area contributed by atoms with Gasteiger partial charge in [-0.1, -0.05) is 23.9 Å². The summed E-state index contributed by atoms with van der Waals surface area (Å²) in [6, 6.07) is 12.2. The van der Waals surface area contributed by atoms with Gasteiger partial charge in [0.25, 0.3) is 0 Å². The van der Waals surface area contributed by atoms with Gasteiger partial charge in [0.15, 0.2) is 5.78 Å². The van der Waals surface area contributed by atoms with Gasteiger partial charge in [-0.25, -0.2) is 0 Å². The first-order valence-corrected chi connectivity index (χ1v) is 7.28. The molecule has 20 heavy (non-hydrogen) atoms. The highest BCUT2D eigenvalue weighted by Gasteiger charge is 2.23. The number of anilines is 3. The van der Waals surface area contributed by atoms with Crippen molar-refractivity contribution in [2.24, 2.45) is 0 Å². The van der Waals surface area contributed by atoms with E-state index in [4.69, 9.17) is 0 Å². The van der Waals surface area contributed by atoms with Gasteiger partial charge in [0.1, 0.15) is 0 Å². The van der Waals surface area contributed by atoms with Crippen molar-refractivity contribution in [3.8, 4) is 0 Å². The first-order chi connectivity index (χ1) is 9.58. The second kappa shape index (κ2) is 4.87. The van der Waals surface area contributed by atoms with Crippen molar-refractivity contribution < 1.29 is 4.79 Å². The molecule has 0 aromatic heterocycles. The molecule has 2 aromatic rings. The van der Waals surface area contributed by atoms with Crippen LogP contribution in [0.1, 0.15) is 17.3 Å². The molecular formula is C16H16N2OS. The molecule has 0 amide bonds. The lowest BCUT2D eigenvalue weighted by Gasteiger charge is -2.26. The van der Waals surface area contributed by atoms with Gasteiger partial charge in [-0.2, -0.15) is 0 Å². The van der Waals surface area contributed by atoms with Gasteiger partial charge in [0, 0.05) is 29.6 Å². The molecular weight excluding hydrogens is 268 g/mol. The SMILES string of the molecule is CC(=O)c1c(N(C)C)ccc2c1Nc1ccccc1S2. The first-order valence-electron chi connectivity index (χ1n) is 6.47. The van der Waals surface area contributed by atoms with Gasteiger partial charge < -0.3 is 10.2 Å². The maximum Gasteiger partial charge on any atom is 0.164 e. The van der Waals surface area contributed by atoms with Crippen LogP contribution in [0, 0.1) is 0 Å². The third-order valence-electron chi connectivity index (χ3n) is 3.35. The molecule has 1 aliphatic heterocycles. The van der Waals surface area contributed by atoms with Gasteiger partial charge >= 0.3 is 0 Å². The van der Waals surface area contributed by atoms with E-state index in [0.717, 1.165) is 27.5 Å². The summed E-state index contributed by atoms with van der Waals surface area (Å²) >= 11 is 1.70. The van der Waals surface area contributed by atoms with E-state index < -0.39 is 0 Å². The minimum absolute atomic E-state index is 0.0815. The maximum atomic E-state index is 12.1. The van der Waals surface area contributed by atoms with Crippen molar-refractivity contribution in [1.29, 1.82) is 0 Å². The van der Waals surface area contributed by atoms with Crippen LogP contribution in [0.2, 0.25) is 0 Å². The van der Waals surface area contributed by atoms with E-state index in [2.05, 4.69) is 17.4 Å². The predicted octanol–water partition coefficient (Wildman–Crippen LogP) is 4.16. The summed E-state index contributed by atoms with van der Waals surface area (Å²) in [6.45, 7) is 1.62. The van der Waals surface area contributed by atoms with Crippen LogP contribution in [0.3, 0.4) is 0 Å². The summed E-state index contributed by atoms with van der Waals surface area (Å²) in [5.41, 5.74) is 3.69. The number of hydrogen-bond donors (Lipinski definition) is 1. The van der Waals surface area contributed by atoms with E-state index in [-0.39, 0.29) is 5.78 Å². The minimum Gasteiger partial charge on any atom is -0.377 e. The number of carbonyl (C=O) groups is 1. The summed E-state index contributed by atoms with van der Waals surface area (Å²) < 4.78 is 0. The van der Waals surface area contributed by atoms with Crippen molar-refractivity contribution in [2.75, 3.05) is 24.3 Å². The largest absolute Gasteiger partial charge is 0.377 e. The zero-order valence-electron chi connectivity index (χ0n) is 11.7. The molecule has 0 atom stereocenters. The van der Waals surface area contributed by atoms with Gasteiger partial charge in [-0.15, -0.1) is 0 Å². The van der Waals surface area contributed by atoms with Crippen LogP contribution in [0.4, 0.5) is 17.1 Å². The molecule has 3 rings (SSSR count). The number of nitrogens with one attached hydrogen (secondary N) is 1. The number of benzene rings is 2. The van der Waals surface area contributed by atoms with Gasteiger partial charge in [0.05, 0.1) is 16.9 Å². The van der Waals surface area contributed by atoms with E-state index in [0.29, 0.717) is 0 Å². The van der Waals surface area contributed by atoms with Crippen molar-refractivity contribution >= 4 is 34.6 Å².